The van der Waals surface area contributed by atoms with E-state index in [2.05, 4.69) is 48.2 Å². The van der Waals surface area contributed by atoms with Crippen molar-refractivity contribution in [3.8, 4) is 0 Å². The molecule has 0 aliphatic rings. The summed E-state index contributed by atoms with van der Waals surface area (Å²) in [5.74, 6) is 0. The molecule has 1 aromatic carbocycles. The summed E-state index contributed by atoms with van der Waals surface area (Å²) in [5.41, 5.74) is 2.26. The van der Waals surface area contributed by atoms with Gasteiger partial charge in [-0.25, -0.2) is 0 Å². The number of fused-ring (bicyclic) bond motifs is 1. The number of rotatable bonds is 2. The molecule has 15 heavy (non-hydrogen) atoms. The standard InChI is InChI=1S/C12H17N3/c1-9(2)15-8-10-5-6-11(14(3)4)7-12(10)13-15/h5-9H,1-4H3. The molecule has 0 aliphatic heterocycles. The minimum atomic E-state index is 0.417. The normalized spacial score (nSPS) is 11.3. The molecule has 3 nitrogen and oxygen atoms in total. The van der Waals surface area contributed by atoms with Gasteiger partial charge in [0.25, 0.3) is 0 Å². The van der Waals surface area contributed by atoms with Crippen LogP contribution in [0.25, 0.3) is 10.9 Å². The van der Waals surface area contributed by atoms with Gasteiger partial charge in [-0.15, -0.1) is 0 Å². The molecule has 0 atom stereocenters. The van der Waals surface area contributed by atoms with Crippen molar-refractivity contribution in [3.05, 3.63) is 24.4 Å². The molecule has 0 spiro atoms. The van der Waals surface area contributed by atoms with Crippen molar-refractivity contribution in [1.82, 2.24) is 9.78 Å². The van der Waals surface area contributed by atoms with Gasteiger partial charge in [0.15, 0.2) is 0 Å². The van der Waals surface area contributed by atoms with Crippen molar-refractivity contribution < 1.29 is 0 Å². The van der Waals surface area contributed by atoms with E-state index in [4.69, 9.17) is 0 Å². The van der Waals surface area contributed by atoms with E-state index in [9.17, 15) is 0 Å². The first-order valence-corrected chi connectivity index (χ1v) is 5.24. The number of aromatic nitrogens is 2. The fourth-order valence-electron chi connectivity index (χ4n) is 1.57. The third kappa shape index (κ3) is 1.82. The molecule has 0 aliphatic carbocycles. The van der Waals surface area contributed by atoms with E-state index in [1.54, 1.807) is 0 Å². The molecule has 0 radical (unpaired) electrons. The summed E-state index contributed by atoms with van der Waals surface area (Å²) in [5, 5.41) is 5.75. The van der Waals surface area contributed by atoms with Gasteiger partial charge in [0.05, 0.1) is 5.52 Å². The zero-order valence-electron chi connectivity index (χ0n) is 9.73. The molecular weight excluding hydrogens is 186 g/mol. The Morgan fingerprint density at radius 2 is 2.00 bits per heavy atom. The number of hydrogen-bond acceptors (Lipinski definition) is 2. The molecule has 1 heterocycles. The van der Waals surface area contributed by atoms with Crippen LogP contribution >= 0.6 is 0 Å². The van der Waals surface area contributed by atoms with Gasteiger partial charge in [0.2, 0.25) is 0 Å². The van der Waals surface area contributed by atoms with Crippen LogP contribution < -0.4 is 4.90 Å². The highest BCUT2D eigenvalue weighted by molar-refractivity contribution is 5.81. The number of anilines is 1. The van der Waals surface area contributed by atoms with Crippen LogP contribution in [0.1, 0.15) is 19.9 Å². The van der Waals surface area contributed by atoms with Crippen LogP contribution in [0.2, 0.25) is 0 Å². The highest BCUT2D eigenvalue weighted by atomic mass is 15.3. The van der Waals surface area contributed by atoms with Crippen molar-refractivity contribution in [1.29, 1.82) is 0 Å². The maximum Gasteiger partial charge on any atom is 0.0944 e. The molecule has 80 valence electrons. The first-order chi connectivity index (χ1) is 7.08. The zero-order chi connectivity index (χ0) is 11.0. The van der Waals surface area contributed by atoms with Crippen molar-refractivity contribution in [2.45, 2.75) is 19.9 Å². The van der Waals surface area contributed by atoms with Crippen LogP contribution in [0, 0.1) is 0 Å². The van der Waals surface area contributed by atoms with Gasteiger partial charge >= 0.3 is 0 Å². The minimum Gasteiger partial charge on any atom is -0.378 e. The van der Waals surface area contributed by atoms with Gasteiger partial charge < -0.3 is 4.90 Å². The van der Waals surface area contributed by atoms with Gasteiger partial charge in [0, 0.05) is 37.4 Å². The SMILES string of the molecule is CC(C)n1cc2ccc(N(C)C)cc2n1. The molecular formula is C12H17N3. The molecule has 0 bridgehead atoms. The summed E-state index contributed by atoms with van der Waals surface area (Å²) in [6, 6.07) is 6.78. The molecule has 0 saturated heterocycles. The van der Waals surface area contributed by atoms with Crippen molar-refractivity contribution in [3.63, 3.8) is 0 Å². The quantitative estimate of drug-likeness (QED) is 0.748. The molecule has 0 unspecified atom stereocenters. The average Bonchev–Trinajstić information content (AvgIpc) is 2.59. The van der Waals surface area contributed by atoms with E-state index in [0.29, 0.717) is 6.04 Å². The van der Waals surface area contributed by atoms with Crippen LogP contribution in [-0.4, -0.2) is 23.9 Å². The van der Waals surface area contributed by atoms with Crippen LogP contribution in [0.3, 0.4) is 0 Å². The third-order valence-corrected chi connectivity index (χ3v) is 2.55. The van der Waals surface area contributed by atoms with Crippen molar-refractivity contribution in [2.24, 2.45) is 0 Å². The Kier molecular flexibility index (Phi) is 2.39. The molecule has 3 heteroatoms. The summed E-state index contributed by atoms with van der Waals surface area (Å²) < 4.78 is 2.00. The molecule has 2 rings (SSSR count). The van der Waals surface area contributed by atoms with Crippen LogP contribution in [0.4, 0.5) is 5.69 Å². The number of nitrogens with zero attached hydrogens (tertiary/aromatic N) is 3. The Hall–Kier alpha value is -1.51. The molecule has 1 aromatic heterocycles. The van der Waals surface area contributed by atoms with Gasteiger partial charge in [-0.05, 0) is 32.0 Å². The van der Waals surface area contributed by atoms with Gasteiger partial charge in [-0.2, -0.15) is 5.10 Å². The summed E-state index contributed by atoms with van der Waals surface area (Å²) in [6.45, 7) is 4.28. The first-order valence-electron chi connectivity index (χ1n) is 5.24. The zero-order valence-corrected chi connectivity index (χ0v) is 9.73. The lowest BCUT2D eigenvalue weighted by Crippen LogP contribution is -2.08. The Labute approximate surface area is 90.3 Å². The maximum absolute atomic E-state index is 4.55. The molecule has 2 aromatic rings. The van der Waals surface area contributed by atoms with Crippen molar-refractivity contribution >= 4 is 16.6 Å². The fourth-order valence-corrected chi connectivity index (χ4v) is 1.57. The van der Waals surface area contributed by atoms with E-state index in [0.717, 1.165) is 5.52 Å². The predicted octanol–water partition coefficient (Wildman–Crippen LogP) is 2.68. The van der Waals surface area contributed by atoms with Gasteiger partial charge in [-0.3, -0.25) is 4.68 Å². The smallest absolute Gasteiger partial charge is 0.0944 e. The van der Waals surface area contributed by atoms with Crippen LogP contribution in [0.5, 0.6) is 0 Å². The van der Waals surface area contributed by atoms with Crippen molar-refractivity contribution in [2.75, 3.05) is 19.0 Å². The highest BCUT2D eigenvalue weighted by Crippen LogP contribution is 2.20. The maximum atomic E-state index is 4.55. The summed E-state index contributed by atoms with van der Waals surface area (Å²) in [6.07, 6.45) is 2.10. The number of benzene rings is 1. The van der Waals surface area contributed by atoms with Gasteiger partial charge in [-0.1, -0.05) is 0 Å². The summed E-state index contributed by atoms with van der Waals surface area (Å²) >= 11 is 0. The molecule has 0 N–H and O–H groups in total. The Morgan fingerprint density at radius 1 is 1.27 bits per heavy atom. The Morgan fingerprint density at radius 3 is 2.60 bits per heavy atom. The lowest BCUT2D eigenvalue weighted by atomic mass is 10.2. The monoisotopic (exact) mass is 203 g/mol. The first kappa shape index (κ1) is 10.0. The van der Waals surface area contributed by atoms with E-state index >= 15 is 0 Å². The van der Waals surface area contributed by atoms with E-state index < -0.39 is 0 Å². The number of hydrogen-bond donors (Lipinski definition) is 0. The second-order valence-corrected chi connectivity index (χ2v) is 4.34. The molecule has 0 fully saturated rings. The topological polar surface area (TPSA) is 21.1 Å². The second kappa shape index (κ2) is 3.57. The highest BCUT2D eigenvalue weighted by Gasteiger charge is 2.04. The predicted molar refractivity (Wildman–Crippen MR) is 64.4 cm³/mol. The van der Waals surface area contributed by atoms with Crippen LogP contribution in [0.15, 0.2) is 24.4 Å². The fraction of sp³-hybridized carbons (Fsp3) is 0.417. The summed E-state index contributed by atoms with van der Waals surface area (Å²) in [7, 11) is 4.08. The summed E-state index contributed by atoms with van der Waals surface area (Å²) in [4.78, 5) is 2.09. The average molecular weight is 203 g/mol. The van der Waals surface area contributed by atoms with E-state index in [1.807, 2.05) is 18.8 Å². The largest absolute Gasteiger partial charge is 0.378 e. The molecule has 0 amide bonds. The Balaban J connectivity index is 2.52. The van der Waals surface area contributed by atoms with E-state index in [-0.39, 0.29) is 0 Å². The third-order valence-electron chi connectivity index (χ3n) is 2.55. The van der Waals surface area contributed by atoms with E-state index in [1.165, 1.54) is 11.1 Å². The van der Waals surface area contributed by atoms with Gasteiger partial charge in [0.1, 0.15) is 0 Å². The van der Waals surface area contributed by atoms with Crippen LogP contribution in [-0.2, 0) is 0 Å². The lowest BCUT2D eigenvalue weighted by Gasteiger charge is -2.11. The lowest BCUT2D eigenvalue weighted by molar-refractivity contribution is 0.537. The minimum absolute atomic E-state index is 0.417. The second-order valence-electron chi connectivity index (χ2n) is 4.34. The molecule has 0 saturated carbocycles. The Bertz CT molecular complexity index is 463.